The van der Waals surface area contributed by atoms with Crippen LogP contribution in [0, 0.1) is 19.8 Å². The fourth-order valence-corrected chi connectivity index (χ4v) is 3.58. The van der Waals surface area contributed by atoms with E-state index in [-0.39, 0.29) is 10.8 Å². The Labute approximate surface area is 130 Å². The van der Waals surface area contributed by atoms with Crippen LogP contribution in [0.15, 0.2) is 17.0 Å². The summed E-state index contributed by atoms with van der Waals surface area (Å²) in [6.45, 7) is 7.18. The average molecular weight is 330 g/mol. The molecule has 0 aromatic heterocycles. The first-order valence-electron chi connectivity index (χ1n) is 7.05. The van der Waals surface area contributed by atoms with Crippen LogP contribution in [0.1, 0.15) is 41.3 Å². The van der Waals surface area contributed by atoms with Gasteiger partial charge in [0.2, 0.25) is 0 Å². The molecule has 1 saturated heterocycles. The number of hydrogen-bond acceptors (Lipinski definition) is 3. The Bertz CT molecular complexity index is 670. The van der Waals surface area contributed by atoms with Crippen LogP contribution >= 0.6 is 10.7 Å². The Morgan fingerprint density at radius 2 is 2.00 bits per heavy atom. The second-order valence-corrected chi connectivity index (χ2v) is 8.42. The lowest BCUT2D eigenvalue weighted by Gasteiger charge is -2.31. The Balaban J connectivity index is 2.43. The molecule has 0 bridgehead atoms. The fraction of sp³-hybridized carbons (Fsp3) is 0.533. The molecule has 1 atom stereocenters. The van der Waals surface area contributed by atoms with E-state index in [2.05, 4.69) is 6.92 Å². The Kier molecular flexibility index (Phi) is 4.63. The van der Waals surface area contributed by atoms with Crippen molar-refractivity contribution in [3.8, 4) is 0 Å². The van der Waals surface area contributed by atoms with Crippen LogP contribution in [-0.4, -0.2) is 32.3 Å². The van der Waals surface area contributed by atoms with Gasteiger partial charge in [0.05, 0.1) is 4.90 Å². The molecule has 1 aliphatic heterocycles. The number of likely N-dealkylation sites (tertiary alicyclic amines) is 1. The van der Waals surface area contributed by atoms with Gasteiger partial charge in [-0.2, -0.15) is 0 Å². The molecule has 1 aromatic rings. The van der Waals surface area contributed by atoms with Crippen molar-refractivity contribution in [1.29, 1.82) is 0 Å². The predicted molar refractivity (Wildman–Crippen MR) is 83.3 cm³/mol. The summed E-state index contributed by atoms with van der Waals surface area (Å²) < 4.78 is 23.1. The second kappa shape index (κ2) is 5.97. The van der Waals surface area contributed by atoms with Crippen molar-refractivity contribution in [1.82, 2.24) is 4.90 Å². The van der Waals surface area contributed by atoms with Gasteiger partial charge in [-0.1, -0.05) is 6.92 Å². The van der Waals surface area contributed by atoms with Crippen LogP contribution < -0.4 is 0 Å². The third kappa shape index (κ3) is 3.58. The lowest BCUT2D eigenvalue weighted by Crippen LogP contribution is -2.39. The number of hydrogen-bond donors (Lipinski definition) is 0. The van der Waals surface area contributed by atoms with Gasteiger partial charge in [-0.25, -0.2) is 8.42 Å². The second-order valence-electron chi connectivity index (χ2n) is 5.85. The molecule has 6 heteroatoms. The number of carbonyl (C=O) groups excluding carboxylic acids is 1. The van der Waals surface area contributed by atoms with Crippen LogP contribution in [0.3, 0.4) is 0 Å². The molecule has 0 spiro atoms. The van der Waals surface area contributed by atoms with E-state index in [4.69, 9.17) is 10.7 Å². The highest BCUT2D eigenvalue weighted by Gasteiger charge is 2.25. The van der Waals surface area contributed by atoms with Crippen LogP contribution in [0.2, 0.25) is 0 Å². The topological polar surface area (TPSA) is 54.5 Å². The number of benzene rings is 1. The lowest BCUT2D eigenvalue weighted by atomic mass is 9.97. The minimum Gasteiger partial charge on any atom is -0.338 e. The van der Waals surface area contributed by atoms with Gasteiger partial charge in [-0.05, 0) is 55.9 Å². The maximum Gasteiger partial charge on any atom is 0.261 e. The van der Waals surface area contributed by atoms with Gasteiger partial charge in [-0.3, -0.25) is 4.79 Å². The smallest absolute Gasteiger partial charge is 0.261 e. The number of carbonyl (C=O) groups is 1. The van der Waals surface area contributed by atoms with Gasteiger partial charge >= 0.3 is 0 Å². The number of rotatable bonds is 2. The summed E-state index contributed by atoms with van der Waals surface area (Å²) in [6.07, 6.45) is 2.11. The molecule has 1 aliphatic rings. The van der Waals surface area contributed by atoms with Crippen molar-refractivity contribution in [2.45, 2.75) is 38.5 Å². The fourth-order valence-electron chi connectivity index (χ4n) is 2.73. The van der Waals surface area contributed by atoms with Crippen LogP contribution in [0.25, 0.3) is 0 Å². The standard InChI is InChI=1S/C15H20ClNO3S/c1-10-5-4-6-17(9-10)15(18)14-8-13(21(16,19)20)7-11(2)12(14)3/h7-8,10H,4-6,9H2,1-3H3. The summed E-state index contributed by atoms with van der Waals surface area (Å²) in [6, 6.07) is 2.90. The molecule has 116 valence electrons. The zero-order valence-corrected chi connectivity index (χ0v) is 14.1. The van der Waals surface area contributed by atoms with Crippen molar-refractivity contribution in [2.24, 2.45) is 5.92 Å². The number of nitrogens with zero attached hydrogens (tertiary/aromatic N) is 1. The van der Waals surface area contributed by atoms with E-state index in [0.717, 1.165) is 37.1 Å². The summed E-state index contributed by atoms with van der Waals surface area (Å²) in [7, 11) is 1.58. The normalized spacial score (nSPS) is 19.6. The van der Waals surface area contributed by atoms with Crippen LogP contribution in [-0.2, 0) is 9.05 Å². The van der Waals surface area contributed by atoms with Gasteiger partial charge in [-0.15, -0.1) is 0 Å². The van der Waals surface area contributed by atoms with Gasteiger partial charge in [0.25, 0.3) is 15.0 Å². The third-order valence-corrected chi connectivity index (χ3v) is 5.43. The van der Waals surface area contributed by atoms with Crippen molar-refractivity contribution < 1.29 is 13.2 Å². The summed E-state index contributed by atoms with van der Waals surface area (Å²) in [5, 5.41) is 0. The van der Waals surface area contributed by atoms with Crippen molar-refractivity contribution in [2.75, 3.05) is 13.1 Å². The Hall–Kier alpha value is -1.07. The molecule has 1 fully saturated rings. The highest BCUT2D eigenvalue weighted by molar-refractivity contribution is 8.13. The SMILES string of the molecule is Cc1cc(S(=O)(=O)Cl)cc(C(=O)N2CCCC(C)C2)c1C. The van der Waals surface area contributed by atoms with Crippen molar-refractivity contribution >= 4 is 25.6 Å². The van der Waals surface area contributed by atoms with Crippen LogP contribution in [0.4, 0.5) is 0 Å². The molecule has 1 aromatic carbocycles. The Morgan fingerprint density at radius 3 is 2.57 bits per heavy atom. The zero-order chi connectivity index (χ0) is 15.8. The molecule has 1 amide bonds. The molecule has 2 rings (SSSR count). The first-order valence-corrected chi connectivity index (χ1v) is 9.36. The maximum absolute atomic E-state index is 12.7. The molecule has 0 radical (unpaired) electrons. The van der Waals surface area contributed by atoms with Crippen molar-refractivity contribution in [3.05, 3.63) is 28.8 Å². The summed E-state index contributed by atoms with van der Waals surface area (Å²) in [5.74, 6) is 0.369. The summed E-state index contributed by atoms with van der Waals surface area (Å²) in [5.41, 5.74) is 2.00. The van der Waals surface area contributed by atoms with Crippen molar-refractivity contribution in [3.63, 3.8) is 0 Å². The monoisotopic (exact) mass is 329 g/mol. The van der Waals surface area contributed by atoms with E-state index in [0.29, 0.717) is 11.5 Å². The summed E-state index contributed by atoms with van der Waals surface area (Å²) in [4.78, 5) is 14.5. The van der Waals surface area contributed by atoms with E-state index in [1.165, 1.54) is 12.1 Å². The molecular weight excluding hydrogens is 310 g/mol. The number of halogens is 1. The molecule has 0 aliphatic carbocycles. The first kappa shape index (κ1) is 16.3. The average Bonchev–Trinajstić information content (AvgIpc) is 2.39. The lowest BCUT2D eigenvalue weighted by molar-refractivity contribution is 0.0682. The van der Waals surface area contributed by atoms with E-state index in [9.17, 15) is 13.2 Å². The number of aryl methyl sites for hydroxylation is 1. The van der Waals surface area contributed by atoms with Gasteiger partial charge in [0.1, 0.15) is 0 Å². The van der Waals surface area contributed by atoms with E-state index in [1.807, 2.05) is 6.92 Å². The van der Waals surface area contributed by atoms with Gasteiger partial charge in [0, 0.05) is 29.3 Å². The van der Waals surface area contributed by atoms with E-state index >= 15 is 0 Å². The minimum atomic E-state index is -3.84. The van der Waals surface area contributed by atoms with Crippen LogP contribution in [0.5, 0.6) is 0 Å². The van der Waals surface area contributed by atoms with Gasteiger partial charge in [0.15, 0.2) is 0 Å². The molecule has 1 heterocycles. The van der Waals surface area contributed by atoms with E-state index < -0.39 is 9.05 Å². The predicted octanol–water partition coefficient (Wildman–Crippen LogP) is 3.10. The first-order chi connectivity index (χ1) is 9.70. The zero-order valence-electron chi connectivity index (χ0n) is 12.5. The maximum atomic E-state index is 12.7. The van der Waals surface area contributed by atoms with E-state index in [1.54, 1.807) is 11.8 Å². The molecular formula is C15H20ClNO3S. The number of piperidine rings is 1. The quantitative estimate of drug-likeness (QED) is 0.783. The molecule has 4 nitrogen and oxygen atoms in total. The minimum absolute atomic E-state index is 0.0133. The number of amides is 1. The molecule has 1 unspecified atom stereocenters. The highest BCUT2D eigenvalue weighted by atomic mass is 35.7. The molecule has 0 saturated carbocycles. The van der Waals surface area contributed by atoms with Gasteiger partial charge < -0.3 is 4.90 Å². The largest absolute Gasteiger partial charge is 0.338 e. The molecule has 0 N–H and O–H groups in total. The Morgan fingerprint density at radius 1 is 1.33 bits per heavy atom. The summed E-state index contributed by atoms with van der Waals surface area (Å²) >= 11 is 0. The highest BCUT2D eigenvalue weighted by Crippen LogP contribution is 2.25. The molecule has 21 heavy (non-hydrogen) atoms. The third-order valence-electron chi connectivity index (χ3n) is 4.10.